The standard InChI is InChI=1S/C21H24N4O2S2/c1-13(2)15-6-8-16(9-7-15)20(18-5-4-10-28-18)23-21(27)25-24-19(26)11-17-12-29-14(3)22-17/h4-10,12-13,20H,11H2,1-3H3,(H,24,26)(H2,23,25,27)/t20-/m1/s1. The van der Waals surface area contributed by atoms with Gasteiger partial charge in [0.2, 0.25) is 5.91 Å². The van der Waals surface area contributed by atoms with Crippen LogP contribution in [0.2, 0.25) is 0 Å². The number of hydrogen-bond acceptors (Lipinski definition) is 5. The van der Waals surface area contributed by atoms with Crippen LogP contribution in [0.4, 0.5) is 4.79 Å². The zero-order valence-electron chi connectivity index (χ0n) is 16.6. The molecule has 0 aliphatic rings. The fourth-order valence-electron chi connectivity index (χ4n) is 2.84. The van der Waals surface area contributed by atoms with Crippen molar-refractivity contribution in [3.05, 3.63) is 73.9 Å². The first-order valence-electron chi connectivity index (χ1n) is 9.32. The molecule has 2 aromatic heterocycles. The van der Waals surface area contributed by atoms with Gasteiger partial charge in [-0.25, -0.2) is 15.2 Å². The molecule has 3 rings (SSSR count). The maximum atomic E-state index is 12.4. The van der Waals surface area contributed by atoms with Gasteiger partial charge in [0.05, 0.1) is 23.2 Å². The molecule has 8 heteroatoms. The average Bonchev–Trinajstić information content (AvgIpc) is 3.36. The van der Waals surface area contributed by atoms with Crippen molar-refractivity contribution in [3.8, 4) is 0 Å². The van der Waals surface area contributed by atoms with E-state index < -0.39 is 6.03 Å². The van der Waals surface area contributed by atoms with Crippen LogP contribution in [-0.2, 0) is 11.2 Å². The first-order valence-corrected chi connectivity index (χ1v) is 11.1. The molecule has 2 heterocycles. The Hall–Kier alpha value is -2.71. The molecule has 3 amide bonds. The Morgan fingerprint density at radius 3 is 2.34 bits per heavy atom. The average molecular weight is 429 g/mol. The molecule has 0 radical (unpaired) electrons. The lowest BCUT2D eigenvalue weighted by molar-refractivity contribution is -0.121. The number of thiophene rings is 1. The van der Waals surface area contributed by atoms with E-state index in [0.717, 1.165) is 15.4 Å². The highest BCUT2D eigenvalue weighted by atomic mass is 32.1. The Morgan fingerprint density at radius 2 is 1.76 bits per heavy atom. The fraction of sp³-hybridized carbons (Fsp3) is 0.286. The van der Waals surface area contributed by atoms with Crippen LogP contribution in [0, 0.1) is 6.92 Å². The van der Waals surface area contributed by atoms with Crippen molar-refractivity contribution in [2.24, 2.45) is 0 Å². The van der Waals surface area contributed by atoms with Gasteiger partial charge in [-0.3, -0.25) is 10.2 Å². The van der Waals surface area contributed by atoms with Gasteiger partial charge in [-0.05, 0) is 35.4 Å². The lowest BCUT2D eigenvalue weighted by Gasteiger charge is -2.19. The third-order valence-corrected chi connectivity index (χ3v) is 6.12. The molecule has 152 valence electrons. The zero-order valence-corrected chi connectivity index (χ0v) is 18.2. The quantitative estimate of drug-likeness (QED) is 0.512. The third-order valence-electron chi connectivity index (χ3n) is 4.36. The Balaban J connectivity index is 1.61. The molecule has 6 nitrogen and oxygen atoms in total. The smallest absolute Gasteiger partial charge is 0.325 e. The number of carbonyl (C=O) groups is 2. The minimum Gasteiger partial charge on any atom is -0.325 e. The number of thiazole rings is 1. The van der Waals surface area contributed by atoms with Crippen molar-refractivity contribution in [2.75, 3.05) is 0 Å². The van der Waals surface area contributed by atoms with E-state index >= 15 is 0 Å². The summed E-state index contributed by atoms with van der Waals surface area (Å²) in [6.45, 7) is 6.18. The minimum absolute atomic E-state index is 0.121. The number of rotatable bonds is 6. The summed E-state index contributed by atoms with van der Waals surface area (Å²) in [7, 11) is 0. The van der Waals surface area contributed by atoms with Crippen molar-refractivity contribution < 1.29 is 9.59 Å². The van der Waals surface area contributed by atoms with E-state index in [-0.39, 0.29) is 18.4 Å². The number of carbonyl (C=O) groups excluding carboxylic acids is 2. The molecule has 3 N–H and O–H groups in total. The largest absolute Gasteiger partial charge is 0.334 e. The van der Waals surface area contributed by atoms with E-state index in [1.54, 1.807) is 11.3 Å². The van der Waals surface area contributed by atoms with Crippen LogP contribution in [0.25, 0.3) is 0 Å². The molecule has 0 aliphatic carbocycles. The number of hydrogen-bond donors (Lipinski definition) is 3. The number of amides is 3. The molecule has 29 heavy (non-hydrogen) atoms. The highest BCUT2D eigenvalue weighted by Gasteiger charge is 2.18. The number of urea groups is 1. The fourth-order valence-corrected chi connectivity index (χ4v) is 4.25. The lowest BCUT2D eigenvalue weighted by atomic mass is 9.98. The number of nitrogens with zero attached hydrogens (tertiary/aromatic N) is 1. The molecule has 0 saturated carbocycles. The third kappa shape index (κ3) is 5.88. The van der Waals surface area contributed by atoms with Gasteiger partial charge in [-0.1, -0.05) is 44.2 Å². The molecule has 3 aromatic rings. The SMILES string of the molecule is Cc1nc(CC(=O)NNC(=O)N[C@H](c2ccc(C(C)C)cc2)c2cccs2)cs1. The predicted molar refractivity (Wildman–Crippen MR) is 117 cm³/mol. The van der Waals surface area contributed by atoms with Gasteiger partial charge >= 0.3 is 6.03 Å². The Morgan fingerprint density at radius 1 is 1.03 bits per heavy atom. The maximum absolute atomic E-state index is 12.4. The molecule has 1 atom stereocenters. The van der Waals surface area contributed by atoms with Crippen molar-refractivity contribution in [1.29, 1.82) is 0 Å². The van der Waals surface area contributed by atoms with Crippen LogP contribution < -0.4 is 16.2 Å². The normalized spacial score (nSPS) is 11.9. The number of hydrazine groups is 1. The maximum Gasteiger partial charge on any atom is 0.334 e. The van der Waals surface area contributed by atoms with Gasteiger partial charge in [-0.2, -0.15) is 0 Å². The van der Waals surface area contributed by atoms with E-state index in [0.29, 0.717) is 11.6 Å². The number of aromatic nitrogens is 1. The van der Waals surface area contributed by atoms with E-state index in [1.165, 1.54) is 16.9 Å². The van der Waals surface area contributed by atoms with Gasteiger partial charge in [0.15, 0.2) is 0 Å². The van der Waals surface area contributed by atoms with Gasteiger partial charge in [0.25, 0.3) is 0 Å². The van der Waals surface area contributed by atoms with Crippen LogP contribution >= 0.6 is 22.7 Å². The number of aryl methyl sites for hydroxylation is 1. The molecular formula is C21H24N4O2S2. The Kier molecular flexibility index (Phi) is 7.00. The van der Waals surface area contributed by atoms with Crippen LogP contribution in [0.3, 0.4) is 0 Å². The molecule has 0 unspecified atom stereocenters. The van der Waals surface area contributed by atoms with Gasteiger partial charge in [0.1, 0.15) is 0 Å². The summed E-state index contributed by atoms with van der Waals surface area (Å²) in [5.74, 6) is 0.122. The number of benzene rings is 1. The van der Waals surface area contributed by atoms with Crippen LogP contribution in [0.5, 0.6) is 0 Å². The van der Waals surface area contributed by atoms with Crippen molar-refractivity contribution in [3.63, 3.8) is 0 Å². The second-order valence-corrected chi connectivity index (χ2v) is 8.99. The van der Waals surface area contributed by atoms with E-state index in [2.05, 4.69) is 47.1 Å². The predicted octanol–water partition coefficient (Wildman–Crippen LogP) is 4.30. The van der Waals surface area contributed by atoms with Crippen molar-refractivity contribution in [2.45, 2.75) is 39.2 Å². The second-order valence-electron chi connectivity index (χ2n) is 6.95. The van der Waals surface area contributed by atoms with Gasteiger partial charge in [-0.15, -0.1) is 22.7 Å². The molecule has 0 fully saturated rings. The summed E-state index contributed by atoms with van der Waals surface area (Å²) in [5.41, 5.74) is 7.78. The van der Waals surface area contributed by atoms with Crippen LogP contribution in [-0.4, -0.2) is 16.9 Å². The van der Waals surface area contributed by atoms with Crippen molar-refractivity contribution >= 4 is 34.6 Å². The highest BCUT2D eigenvalue weighted by Crippen LogP contribution is 2.27. The Bertz CT molecular complexity index is 949. The van der Waals surface area contributed by atoms with Crippen LogP contribution in [0.1, 0.15) is 52.5 Å². The topological polar surface area (TPSA) is 83.1 Å². The molecule has 0 spiro atoms. The summed E-state index contributed by atoms with van der Waals surface area (Å²) in [5, 5.41) is 7.65. The lowest BCUT2D eigenvalue weighted by Crippen LogP contribution is -2.48. The molecule has 0 aliphatic heterocycles. The minimum atomic E-state index is -0.473. The molecular weight excluding hydrogens is 404 g/mol. The monoisotopic (exact) mass is 428 g/mol. The summed E-state index contributed by atoms with van der Waals surface area (Å²) in [6, 6.07) is 11.4. The highest BCUT2D eigenvalue weighted by molar-refractivity contribution is 7.10. The van der Waals surface area contributed by atoms with Gasteiger partial charge in [0, 0.05) is 10.3 Å². The van der Waals surface area contributed by atoms with E-state index in [4.69, 9.17) is 0 Å². The second kappa shape index (κ2) is 9.67. The zero-order chi connectivity index (χ0) is 20.8. The first-order chi connectivity index (χ1) is 13.9. The number of nitrogens with one attached hydrogen (secondary N) is 3. The molecule has 1 aromatic carbocycles. The van der Waals surface area contributed by atoms with Crippen LogP contribution in [0.15, 0.2) is 47.2 Å². The molecule has 0 bridgehead atoms. The molecule has 0 saturated heterocycles. The summed E-state index contributed by atoms with van der Waals surface area (Å²) >= 11 is 3.06. The van der Waals surface area contributed by atoms with Gasteiger partial charge < -0.3 is 5.32 Å². The summed E-state index contributed by atoms with van der Waals surface area (Å²) in [4.78, 5) is 29.7. The van der Waals surface area contributed by atoms with E-state index in [9.17, 15) is 9.59 Å². The summed E-state index contributed by atoms with van der Waals surface area (Å²) < 4.78 is 0. The van der Waals surface area contributed by atoms with Crippen molar-refractivity contribution in [1.82, 2.24) is 21.2 Å². The first kappa shape index (κ1) is 21.0. The van der Waals surface area contributed by atoms with E-state index in [1.807, 2.05) is 41.9 Å². The summed E-state index contributed by atoms with van der Waals surface area (Å²) in [6.07, 6.45) is 0.121. The Labute approximate surface area is 178 Å².